The first-order valence-electron chi connectivity index (χ1n) is 15.1. The Morgan fingerprint density at radius 1 is 0.796 bits per heavy atom. The quantitative estimate of drug-likeness (QED) is 0.159. The fourth-order valence-electron chi connectivity index (χ4n) is 5.60. The van der Waals surface area contributed by atoms with Crippen molar-refractivity contribution in [3.8, 4) is 0 Å². The molecule has 0 unspecified atom stereocenters. The molecule has 4 aromatic rings. The van der Waals surface area contributed by atoms with Gasteiger partial charge in [0.25, 0.3) is 5.91 Å². The van der Waals surface area contributed by atoms with E-state index in [-0.39, 0.29) is 26.8 Å². The number of nitrogen functional groups attached to an aromatic ring is 1. The number of rotatable bonds is 4. The summed E-state index contributed by atoms with van der Waals surface area (Å²) in [5, 5.41) is 3.26. The molecule has 9 nitrogen and oxygen atoms in total. The normalized spacial score (nSPS) is 13.3. The molecule has 0 atom stereocenters. The number of amides is 1. The van der Waals surface area contributed by atoms with E-state index in [4.69, 9.17) is 56.9 Å². The van der Waals surface area contributed by atoms with Gasteiger partial charge in [-0.2, -0.15) is 0 Å². The summed E-state index contributed by atoms with van der Waals surface area (Å²) >= 11 is 23.4. The standard InChI is InChI=1S/C16H13Cl2FN2O2.C12H14ClNO3.C6H5ClFN/c1-21-14(9-3-2-4-12(22)13(9)15(21)18)16(23)20-8-5-6-11(19)10(17)7-8;1-3-17-12(16)10-7-5-4-6-8(15)9(7)11(13)14(10)2;7-5-3-4(9)1-2-6(5)8/h5-7H,2-4H2,1H3,(H,20,23);3-6H2,1-2H3;1-3H,9H2. The summed E-state index contributed by atoms with van der Waals surface area (Å²) in [6, 6.07) is 7.99. The summed E-state index contributed by atoms with van der Waals surface area (Å²) in [5.74, 6) is -1.85. The molecule has 0 bridgehead atoms. The van der Waals surface area contributed by atoms with E-state index in [0.717, 1.165) is 12.0 Å². The van der Waals surface area contributed by atoms with Crippen molar-refractivity contribution in [3.05, 3.63) is 102 Å². The number of ketones is 2. The van der Waals surface area contributed by atoms with E-state index in [9.17, 15) is 28.0 Å². The molecule has 2 aliphatic carbocycles. The van der Waals surface area contributed by atoms with Crippen molar-refractivity contribution in [3.63, 3.8) is 0 Å². The summed E-state index contributed by atoms with van der Waals surface area (Å²) in [5.41, 5.74) is 9.23. The molecule has 6 rings (SSSR count). The topological polar surface area (TPSA) is 125 Å². The zero-order chi connectivity index (χ0) is 36.2. The van der Waals surface area contributed by atoms with Gasteiger partial charge in [0.05, 0.1) is 27.8 Å². The number of halogens is 6. The second kappa shape index (κ2) is 16.2. The first-order chi connectivity index (χ1) is 23.2. The first-order valence-corrected chi connectivity index (χ1v) is 16.6. The number of nitrogens with one attached hydrogen (secondary N) is 1. The van der Waals surface area contributed by atoms with E-state index in [0.29, 0.717) is 83.3 Å². The van der Waals surface area contributed by atoms with Crippen LogP contribution in [0.3, 0.4) is 0 Å². The molecule has 2 aliphatic rings. The van der Waals surface area contributed by atoms with Crippen LogP contribution in [0.2, 0.25) is 20.4 Å². The van der Waals surface area contributed by atoms with Crippen molar-refractivity contribution in [1.29, 1.82) is 0 Å². The van der Waals surface area contributed by atoms with Gasteiger partial charge >= 0.3 is 5.97 Å². The van der Waals surface area contributed by atoms with E-state index in [1.807, 2.05) is 0 Å². The highest BCUT2D eigenvalue weighted by Crippen LogP contribution is 2.34. The molecule has 15 heteroatoms. The van der Waals surface area contributed by atoms with Crippen molar-refractivity contribution in [2.24, 2.45) is 14.1 Å². The number of benzene rings is 2. The maximum absolute atomic E-state index is 13.2. The second-order valence-electron chi connectivity index (χ2n) is 11.1. The molecule has 0 aliphatic heterocycles. The second-order valence-corrected chi connectivity index (χ2v) is 12.7. The largest absolute Gasteiger partial charge is 0.461 e. The third-order valence-electron chi connectivity index (χ3n) is 7.87. The number of fused-ring (bicyclic) bond motifs is 2. The van der Waals surface area contributed by atoms with Crippen LogP contribution < -0.4 is 11.1 Å². The van der Waals surface area contributed by atoms with Gasteiger partial charge in [0, 0.05) is 38.3 Å². The fraction of sp³-hybridized carbons (Fsp3) is 0.294. The third kappa shape index (κ3) is 8.29. The first kappa shape index (κ1) is 37.9. The number of carbonyl (C=O) groups is 4. The number of aromatic nitrogens is 2. The minimum atomic E-state index is -0.561. The summed E-state index contributed by atoms with van der Waals surface area (Å²) in [7, 11) is 3.32. The molecule has 0 saturated heterocycles. The van der Waals surface area contributed by atoms with Crippen LogP contribution in [0.4, 0.5) is 20.2 Å². The molecule has 2 aromatic heterocycles. The predicted molar refractivity (Wildman–Crippen MR) is 187 cm³/mol. The summed E-state index contributed by atoms with van der Waals surface area (Å²) < 4.78 is 33.6. The van der Waals surface area contributed by atoms with Gasteiger partial charge in [-0.05, 0) is 80.1 Å². The number of ether oxygens (including phenoxy) is 1. The Kier molecular flexibility index (Phi) is 12.5. The number of hydrogen-bond acceptors (Lipinski definition) is 6. The highest BCUT2D eigenvalue weighted by atomic mass is 35.5. The van der Waals surface area contributed by atoms with Gasteiger partial charge in [-0.3, -0.25) is 14.4 Å². The Hall–Kier alpha value is -3.90. The van der Waals surface area contributed by atoms with E-state index in [2.05, 4.69) is 5.32 Å². The maximum Gasteiger partial charge on any atom is 0.355 e. The number of nitrogens with two attached hydrogens (primary N) is 1. The SMILES string of the molecule is CCOC(=O)c1c2c(c(Cl)n1C)C(=O)CCC2.Cn1c(Cl)c2c(c1C(=O)Nc1ccc(F)c(Cl)c1)CCCC2=O.Nc1ccc(F)c(Cl)c1. The smallest absolute Gasteiger partial charge is 0.355 e. The lowest BCUT2D eigenvalue weighted by atomic mass is 9.92. The molecule has 260 valence electrons. The predicted octanol–water partition coefficient (Wildman–Crippen LogP) is 8.68. The molecule has 3 N–H and O–H groups in total. The molecule has 1 amide bonds. The molecule has 2 heterocycles. The number of anilines is 2. The van der Waals surface area contributed by atoms with Crippen LogP contribution in [-0.4, -0.2) is 39.2 Å². The minimum Gasteiger partial charge on any atom is -0.461 e. The molecule has 0 radical (unpaired) electrons. The van der Waals surface area contributed by atoms with Gasteiger partial charge in [-0.1, -0.05) is 46.4 Å². The molecular weight excluding hydrogens is 724 g/mol. The van der Waals surface area contributed by atoms with Crippen molar-refractivity contribution in [2.75, 3.05) is 17.7 Å². The van der Waals surface area contributed by atoms with Crippen molar-refractivity contribution >= 4 is 81.2 Å². The molecular formula is C34H32Cl4F2N4O5. The number of nitrogens with zero attached hydrogens (tertiary/aromatic N) is 2. The van der Waals surface area contributed by atoms with Crippen molar-refractivity contribution in [1.82, 2.24) is 9.13 Å². The Bertz CT molecular complexity index is 1960. The summed E-state index contributed by atoms with van der Waals surface area (Å²) in [6.45, 7) is 2.06. The van der Waals surface area contributed by atoms with Crippen LogP contribution >= 0.6 is 46.4 Å². The molecule has 2 aromatic carbocycles. The van der Waals surface area contributed by atoms with E-state index in [1.165, 1.54) is 41.0 Å². The van der Waals surface area contributed by atoms with Crippen LogP contribution in [0, 0.1) is 11.6 Å². The Balaban J connectivity index is 0.000000182. The van der Waals surface area contributed by atoms with Crippen LogP contribution in [0.1, 0.15) is 85.4 Å². The zero-order valence-electron chi connectivity index (χ0n) is 26.7. The highest BCUT2D eigenvalue weighted by Gasteiger charge is 2.32. The van der Waals surface area contributed by atoms with E-state index in [1.54, 1.807) is 25.6 Å². The number of esters is 1. The van der Waals surface area contributed by atoms with Gasteiger partial charge in [0.1, 0.15) is 33.3 Å². The Morgan fingerprint density at radius 2 is 1.29 bits per heavy atom. The summed E-state index contributed by atoms with van der Waals surface area (Å²) in [4.78, 5) is 48.3. The fourth-order valence-corrected chi connectivity index (χ4v) is 6.58. The van der Waals surface area contributed by atoms with Gasteiger partial charge in [-0.25, -0.2) is 13.6 Å². The number of Topliss-reactive ketones (excluding diaryl/α,β-unsaturated/α-hetero) is 2. The van der Waals surface area contributed by atoms with Gasteiger partial charge in [0.15, 0.2) is 11.6 Å². The van der Waals surface area contributed by atoms with E-state index < -0.39 is 23.5 Å². The van der Waals surface area contributed by atoms with Crippen molar-refractivity contribution < 1.29 is 32.7 Å². The zero-order valence-corrected chi connectivity index (χ0v) is 29.7. The van der Waals surface area contributed by atoms with Gasteiger partial charge < -0.3 is 24.9 Å². The van der Waals surface area contributed by atoms with Crippen LogP contribution in [0.15, 0.2) is 36.4 Å². The third-order valence-corrected chi connectivity index (χ3v) is 9.34. The Morgan fingerprint density at radius 3 is 1.78 bits per heavy atom. The average molecular weight is 756 g/mol. The molecule has 0 fully saturated rings. The lowest BCUT2D eigenvalue weighted by Gasteiger charge is -2.12. The van der Waals surface area contributed by atoms with Crippen molar-refractivity contribution in [2.45, 2.75) is 45.4 Å². The van der Waals surface area contributed by atoms with Crippen LogP contribution in [0.25, 0.3) is 0 Å². The minimum absolute atomic E-state index is 0.0161. The summed E-state index contributed by atoms with van der Waals surface area (Å²) in [6.07, 6.45) is 3.71. The van der Waals surface area contributed by atoms with Gasteiger partial charge in [-0.15, -0.1) is 0 Å². The molecule has 0 saturated carbocycles. The number of hydrogen-bond donors (Lipinski definition) is 2. The Labute approximate surface area is 301 Å². The molecule has 0 spiro atoms. The maximum atomic E-state index is 13.2. The lowest BCUT2D eigenvalue weighted by molar-refractivity contribution is 0.0513. The highest BCUT2D eigenvalue weighted by molar-refractivity contribution is 6.35. The van der Waals surface area contributed by atoms with Crippen LogP contribution in [0.5, 0.6) is 0 Å². The van der Waals surface area contributed by atoms with Gasteiger partial charge in [0.2, 0.25) is 0 Å². The number of carbonyl (C=O) groups excluding carboxylic acids is 4. The lowest BCUT2D eigenvalue weighted by Crippen LogP contribution is -2.19. The van der Waals surface area contributed by atoms with E-state index >= 15 is 0 Å². The average Bonchev–Trinajstić information content (AvgIpc) is 3.47. The van der Waals surface area contributed by atoms with Crippen LogP contribution in [-0.2, 0) is 31.7 Å². The monoisotopic (exact) mass is 754 g/mol. The molecule has 49 heavy (non-hydrogen) atoms.